The molecule has 0 unspecified atom stereocenters. The minimum Gasteiger partial charge on any atom is -0.366 e. The molecule has 0 spiro atoms. The fourth-order valence-corrected chi connectivity index (χ4v) is 4.14. The highest BCUT2D eigenvalue weighted by atomic mass is 79.9. The average molecular weight is 604 g/mol. The number of hydrogen-bond acceptors (Lipinski definition) is 6. The van der Waals surface area contributed by atoms with Crippen LogP contribution in [0.5, 0.6) is 0 Å². The maximum Gasteiger partial charge on any atom is 0.436 e. The monoisotopic (exact) mass is 602 g/mol. The third-order valence-electron chi connectivity index (χ3n) is 4.62. The Morgan fingerprint density at radius 2 is 1.89 bits per heavy atom. The molecule has 16 heteroatoms. The number of primary amides is 1. The molecular formula is C20H12BrCl2F3N8O2. The first-order valence-electron chi connectivity index (χ1n) is 9.71. The number of alkyl halides is 3. The van der Waals surface area contributed by atoms with Crippen LogP contribution in [0.2, 0.25) is 10.0 Å². The molecule has 0 aliphatic rings. The zero-order valence-electron chi connectivity index (χ0n) is 17.6. The number of carbonyl (C=O) groups is 2. The van der Waals surface area contributed by atoms with E-state index < -0.39 is 23.7 Å². The Labute approximate surface area is 218 Å². The van der Waals surface area contributed by atoms with Crippen molar-refractivity contribution >= 4 is 56.6 Å². The normalized spacial score (nSPS) is 11.5. The van der Waals surface area contributed by atoms with Crippen LogP contribution in [-0.4, -0.2) is 41.6 Å². The number of amides is 2. The van der Waals surface area contributed by atoms with Gasteiger partial charge in [-0.05, 0) is 30.3 Å². The smallest absolute Gasteiger partial charge is 0.366 e. The van der Waals surface area contributed by atoms with Crippen molar-refractivity contribution in [2.24, 2.45) is 5.73 Å². The maximum absolute atomic E-state index is 13.3. The fourth-order valence-electron chi connectivity index (χ4n) is 3.08. The molecule has 0 radical (unpaired) electrons. The lowest BCUT2D eigenvalue weighted by molar-refractivity contribution is -0.141. The van der Waals surface area contributed by atoms with Gasteiger partial charge < -0.3 is 11.1 Å². The van der Waals surface area contributed by atoms with Gasteiger partial charge in [-0.25, -0.2) is 9.67 Å². The number of rotatable bonds is 6. The summed E-state index contributed by atoms with van der Waals surface area (Å²) in [6, 6.07) is 7.18. The van der Waals surface area contributed by atoms with Gasteiger partial charge in [0.1, 0.15) is 12.2 Å². The number of hydrogen-bond donors (Lipinski definition) is 2. The van der Waals surface area contributed by atoms with E-state index in [1.54, 1.807) is 6.07 Å². The molecule has 36 heavy (non-hydrogen) atoms. The highest BCUT2D eigenvalue weighted by Crippen LogP contribution is 2.31. The van der Waals surface area contributed by atoms with Crippen molar-refractivity contribution < 1.29 is 22.8 Å². The first kappa shape index (κ1) is 25.6. The van der Waals surface area contributed by atoms with Crippen molar-refractivity contribution in [2.45, 2.75) is 12.7 Å². The number of carbonyl (C=O) groups excluding carboxylic acids is 2. The second-order valence-electron chi connectivity index (χ2n) is 7.13. The zero-order valence-corrected chi connectivity index (χ0v) is 20.7. The Morgan fingerprint density at radius 3 is 2.53 bits per heavy atom. The fraction of sp³-hybridized carbons (Fsp3) is 0.100. The van der Waals surface area contributed by atoms with Crippen LogP contribution in [-0.2, 0) is 12.7 Å². The summed E-state index contributed by atoms with van der Waals surface area (Å²) < 4.78 is 40.2. The summed E-state index contributed by atoms with van der Waals surface area (Å²) in [6.45, 7) is -0.306. The lowest BCUT2D eigenvalue weighted by Crippen LogP contribution is -2.21. The molecule has 3 heterocycles. The molecule has 186 valence electrons. The van der Waals surface area contributed by atoms with E-state index in [0.29, 0.717) is 10.7 Å². The molecule has 3 N–H and O–H groups in total. The van der Waals surface area contributed by atoms with Gasteiger partial charge in [0, 0.05) is 10.7 Å². The number of benzene rings is 1. The van der Waals surface area contributed by atoms with Crippen LogP contribution in [0.3, 0.4) is 0 Å². The molecular weight excluding hydrogens is 592 g/mol. The van der Waals surface area contributed by atoms with E-state index in [4.69, 9.17) is 28.9 Å². The molecule has 0 saturated heterocycles. The molecule has 0 saturated carbocycles. The second-order valence-corrected chi connectivity index (χ2v) is 8.86. The van der Waals surface area contributed by atoms with Crippen LogP contribution in [0, 0.1) is 0 Å². The van der Waals surface area contributed by atoms with E-state index in [9.17, 15) is 22.8 Å². The summed E-state index contributed by atoms with van der Waals surface area (Å²) in [5.74, 6) is -1.57. The number of aromatic nitrogens is 6. The van der Waals surface area contributed by atoms with E-state index >= 15 is 0 Å². The number of anilines is 1. The van der Waals surface area contributed by atoms with Crippen LogP contribution in [0.1, 0.15) is 32.2 Å². The van der Waals surface area contributed by atoms with Crippen LogP contribution < -0.4 is 11.1 Å². The Balaban J connectivity index is 1.75. The predicted molar refractivity (Wildman–Crippen MR) is 126 cm³/mol. The molecule has 4 aromatic rings. The van der Waals surface area contributed by atoms with Gasteiger partial charge in [-0.15, -0.1) is 5.10 Å². The quantitative estimate of drug-likeness (QED) is 0.337. The Kier molecular flexibility index (Phi) is 7.02. The van der Waals surface area contributed by atoms with E-state index in [0.717, 1.165) is 9.48 Å². The molecule has 0 bridgehead atoms. The van der Waals surface area contributed by atoms with Crippen LogP contribution in [0.15, 0.2) is 47.2 Å². The number of halogens is 6. The van der Waals surface area contributed by atoms with Gasteiger partial charge in [0.2, 0.25) is 0 Å². The van der Waals surface area contributed by atoms with Crippen molar-refractivity contribution in [1.29, 1.82) is 0 Å². The van der Waals surface area contributed by atoms with Crippen molar-refractivity contribution in [3.8, 4) is 5.82 Å². The highest BCUT2D eigenvalue weighted by Gasteiger charge is 2.34. The minimum atomic E-state index is -4.67. The Morgan fingerprint density at radius 1 is 1.14 bits per heavy atom. The van der Waals surface area contributed by atoms with Gasteiger partial charge in [0.15, 0.2) is 11.5 Å². The first-order chi connectivity index (χ1) is 16.9. The molecule has 10 nitrogen and oxygen atoms in total. The third kappa shape index (κ3) is 5.34. The lowest BCUT2D eigenvalue weighted by Gasteiger charge is -2.13. The molecule has 0 fully saturated rings. The molecule has 0 aliphatic heterocycles. The van der Waals surface area contributed by atoms with Gasteiger partial charge in [-0.2, -0.15) is 28.2 Å². The third-order valence-corrected chi connectivity index (χ3v) is 5.67. The Hall–Kier alpha value is -3.49. The SMILES string of the molecule is NC(=O)c1cc(Br)cc(Cl)c1NC(=O)c1cc(Cn2ncc(C(F)(F)F)n2)nn1-c1ncccc1Cl. The van der Waals surface area contributed by atoms with E-state index in [1.807, 2.05) is 0 Å². The van der Waals surface area contributed by atoms with Crippen LogP contribution >= 0.6 is 39.1 Å². The average Bonchev–Trinajstić information content (AvgIpc) is 3.43. The first-order valence-corrected chi connectivity index (χ1v) is 11.3. The van der Waals surface area contributed by atoms with E-state index in [1.165, 1.54) is 30.5 Å². The summed E-state index contributed by atoms with van der Waals surface area (Å²) in [4.78, 5) is 30.1. The maximum atomic E-state index is 13.3. The number of nitrogens with one attached hydrogen (secondary N) is 1. The van der Waals surface area contributed by atoms with Crippen molar-refractivity contribution in [3.05, 3.63) is 79.9 Å². The van der Waals surface area contributed by atoms with Gasteiger partial charge in [0.25, 0.3) is 11.8 Å². The molecule has 0 atom stereocenters. The number of nitrogens with two attached hydrogens (primary N) is 1. The Bertz CT molecular complexity index is 1490. The summed E-state index contributed by atoms with van der Waals surface area (Å²) >= 11 is 15.7. The van der Waals surface area contributed by atoms with Crippen molar-refractivity contribution in [1.82, 2.24) is 29.8 Å². The van der Waals surface area contributed by atoms with Crippen LogP contribution in [0.25, 0.3) is 5.82 Å². The molecule has 0 aliphatic carbocycles. The van der Waals surface area contributed by atoms with Gasteiger partial charge in [-0.3, -0.25) is 9.59 Å². The molecule has 3 aromatic heterocycles. The molecule has 1 aromatic carbocycles. The predicted octanol–water partition coefficient (Wildman–Crippen LogP) is 4.35. The number of pyridine rings is 1. The lowest BCUT2D eigenvalue weighted by atomic mass is 10.1. The van der Waals surface area contributed by atoms with E-state index in [2.05, 4.69) is 41.5 Å². The van der Waals surface area contributed by atoms with Gasteiger partial charge in [0.05, 0.1) is 33.2 Å². The van der Waals surface area contributed by atoms with Crippen molar-refractivity contribution in [2.75, 3.05) is 5.32 Å². The zero-order chi connectivity index (χ0) is 26.2. The summed E-state index contributed by atoms with van der Waals surface area (Å²) in [5, 5.41) is 13.9. The van der Waals surface area contributed by atoms with Gasteiger partial charge in [-0.1, -0.05) is 39.1 Å². The topological polar surface area (TPSA) is 134 Å². The molecule has 2 amide bonds. The highest BCUT2D eigenvalue weighted by molar-refractivity contribution is 9.10. The minimum absolute atomic E-state index is 0.0223. The summed E-state index contributed by atoms with van der Waals surface area (Å²) in [5.41, 5.74) is 4.11. The van der Waals surface area contributed by atoms with E-state index in [-0.39, 0.29) is 45.0 Å². The number of nitrogens with zero attached hydrogens (tertiary/aromatic N) is 6. The van der Waals surface area contributed by atoms with Gasteiger partial charge >= 0.3 is 6.18 Å². The second kappa shape index (κ2) is 9.87. The van der Waals surface area contributed by atoms with Crippen LogP contribution in [0.4, 0.5) is 18.9 Å². The summed E-state index contributed by atoms with van der Waals surface area (Å²) in [6.07, 6.45) is -2.70. The standard InChI is InChI=1S/C20H12BrCl2F3N8O2/c21-9-4-11(17(27)35)16(13(23)5-9)30-19(36)14-6-10(8-33-29-7-15(32-33)20(24,25)26)31-34(14)18-12(22)2-1-3-28-18/h1-7H,8H2,(H2,27,35)(H,30,36). The summed E-state index contributed by atoms with van der Waals surface area (Å²) in [7, 11) is 0. The largest absolute Gasteiger partial charge is 0.436 e. The molecule has 4 rings (SSSR count). The van der Waals surface area contributed by atoms with Crippen molar-refractivity contribution in [3.63, 3.8) is 0 Å².